The van der Waals surface area contributed by atoms with E-state index in [0.29, 0.717) is 5.82 Å². The number of pyridine rings is 1. The topological polar surface area (TPSA) is 17.2 Å². The Kier molecular flexibility index (Phi) is 1.49. The molecule has 1 aromatic heterocycles. The van der Waals surface area contributed by atoms with Crippen molar-refractivity contribution in [3.8, 4) is 0 Å². The Hall–Kier alpha value is -1.88. The number of aromatic nitrogens is 1. The van der Waals surface area contributed by atoms with Gasteiger partial charge in [0.05, 0.1) is 0 Å². The standard InChI is InChI=1S/C10H6N2/c1-11-10-7-6-8-4-2-3-5-9(8)12-10/h2-7H. The van der Waals surface area contributed by atoms with Crippen LogP contribution < -0.4 is 0 Å². The summed E-state index contributed by atoms with van der Waals surface area (Å²) in [6.45, 7) is 6.78. The zero-order chi connectivity index (χ0) is 8.39. The van der Waals surface area contributed by atoms with Gasteiger partial charge in [0, 0.05) is 5.39 Å². The van der Waals surface area contributed by atoms with Crippen LogP contribution in [-0.4, -0.2) is 4.98 Å². The van der Waals surface area contributed by atoms with Crippen LogP contribution in [0.25, 0.3) is 15.7 Å². The van der Waals surface area contributed by atoms with Gasteiger partial charge in [-0.2, -0.15) is 0 Å². The van der Waals surface area contributed by atoms with Crippen molar-refractivity contribution in [1.29, 1.82) is 0 Å². The molecule has 0 amide bonds. The molecular weight excluding hydrogens is 148 g/mol. The molecule has 0 saturated carbocycles. The van der Waals surface area contributed by atoms with Crippen molar-refractivity contribution >= 4 is 16.7 Å². The van der Waals surface area contributed by atoms with Gasteiger partial charge in [0.15, 0.2) is 5.52 Å². The molecule has 2 heteroatoms. The highest BCUT2D eigenvalue weighted by molar-refractivity contribution is 5.80. The summed E-state index contributed by atoms with van der Waals surface area (Å²) in [7, 11) is 0. The van der Waals surface area contributed by atoms with Gasteiger partial charge < -0.3 is 4.85 Å². The van der Waals surface area contributed by atoms with E-state index < -0.39 is 0 Å². The summed E-state index contributed by atoms with van der Waals surface area (Å²) in [6, 6.07) is 11.4. The van der Waals surface area contributed by atoms with Crippen LogP contribution in [0.4, 0.5) is 5.82 Å². The van der Waals surface area contributed by atoms with Crippen LogP contribution in [0, 0.1) is 6.57 Å². The van der Waals surface area contributed by atoms with E-state index in [0.717, 1.165) is 10.9 Å². The molecule has 1 aromatic carbocycles. The first kappa shape index (κ1) is 6.81. The normalized spacial score (nSPS) is 9.58. The van der Waals surface area contributed by atoms with Crippen LogP contribution in [0.3, 0.4) is 0 Å². The third kappa shape index (κ3) is 1.02. The molecule has 0 radical (unpaired) electrons. The Balaban J connectivity index is 2.78. The van der Waals surface area contributed by atoms with Crippen molar-refractivity contribution in [2.75, 3.05) is 0 Å². The molecule has 0 saturated heterocycles. The van der Waals surface area contributed by atoms with Crippen molar-refractivity contribution in [2.24, 2.45) is 0 Å². The van der Waals surface area contributed by atoms with Gasteiger partial charge in [-0.05, 0) is 12.1 Å². The maximum atomic E-state index is 6.78. The molecular formula is C10H6N2. The van der Waals surface area contributed by atoms with Crippen LogP contribution in [0.15, 0.2) is 36.4 Å². The monoisotopic (exact) mass is 154 g/mol. The minimum absolute atomic E-state index is 0.453. The van der Waals surface area contributed by atoms with E-state index >= 15 is 0 Å². The number of hydrogen-bond donors (Lipinski definition) is 0. The van der Waals surface area contributed by atoms with E-state index in [1.165, 1.54) is 0 Å². The summed E-state index contributed by atoms with van der Waals surface area (Å²) >= 11 is 0. The van der Waals surface area contributed by atoms with E-state index in [1.807, 2.05) is 30.3 Å². The zero-order valence-corrected chi connectivity index (χ0v) is 6.36. The number of hydrogen-bond acceptors (Lipinski definition) is 1. The second-order valence-corrected chi connectivity index (χ2v) is 2.47. The number of benzene rings is 1. The zero-order valence-electron chi connectivity index (χ0n) is 6.36. The summed E-state index contributed by atoms with van der Waals surface area (Å²) in [6.07, 6.45) is 0. The Labute approximate surface area is 70.3 Å². The summed E-state index contributed by atoms with van der Waals surface area (Å²) in [4.78, 5) is 7.40. The minimum atomic E-state index is 0.453. The summed E-state index contributed by atoms with van der Waals surface area (Å²) < 4.78 is 0. The predicted molar refractivity (Wildman–Crippen MR) is 48.0 cm³/mol. The lowest BCUT2D eigenvalue weighted by Gasteiger charge is -1.91. The number of nitrogens with zero attached hydrogens (tertiary/aromatic N) is 2. The van der Waals surface area contributed by atoms with Crippen molar-refractivity contribution in [2.45, 2.75) is 0 Å². The highest BCUT2D eigenvalue weighted by Crippen LogP contribution is 2.15. The van der Waals surface area contributed by atoms with Gasteiger partial charge >= 0.3 is 0 Å². The SMILES string of the molecule is [C-]#[N+]c1ccc2ccccc2n1. The Morgan fingerprint density at radius 3 is 2.75 bits per heavy atom. The molecule has 0 N–H and O–H groups in total. The first-order chi connectivity index (χ1) is 5.90. The van der Waals surface area contributed by atoms with Gasteiger partial charge in [-0.3, -0.25) is 0 Å². The molecule has 0 aliphatic heterocycles. The van der Waals surface area contributed by atoms with E-state index in [4.69, 9.17) is 6.57 Å². The quantitative estimate of drug-likeness (QED) is 0.533. The molecule has 0 bridgehead atoms. The van der Waals surface area contributed by atoms with E-state index in [2.05, 4.69) is 9.83 Å². The molecule has 56 valence electrons. The smallest absolute Gasteiger partial charge is 0.270 e. The van der Waals surface area contributed by atoms with Crippen LogP contribution in [0.2, 0.25) is 0 Å². The maximum Gasteiger partial charge on any atom is 0.270 e. The number of fused-ring (bicyclic) bond motifs is 1. The molecule has 0 unspecified atom stereocenters. The third-order valence-electron chi connectivity index (χ3n) is 1.70. The van der Waals surface area contributed by atoms with Crippen LogP contribution in [0.5, 0.6) is 0 Å². The van der Waals surface area contributed by atoms with Crippen molar-refractivity contribution in [1.82, 2.24) is 4.98 Å². The van der Waals surface area contributed by atoms with Gasteiger partial charge in [-0.15, -0.1) is 4.98 Å². The molecule has 2 nitrogen and oxygen atoms in total. The molecule has 2 rings (SSSR count). The minimum Gasteiger partial charge on any atom is -0.361 e. The fourth-order valence-corrected chi connectivity index (χ4v) is 1.12. The second-order valence-electron chi connectivity index (χ2n) is 2.47. The lowest BCUT2D eigenvalue weighted by atomic mass is 10.2. The molecule has 0 aliphatic rings. The molecule has 0 aliphatic carbocycles. The summed E-state index contributed by atoms with van der Waals surface area (Å²) in [5.41, 5.74) is 0.881. The van der Waals surface area contributed by atoms with Gasteiger partial charge in [-0.1, -0.05) is 30.8 Å². The largest absolute Gasteiger partial charge is 0.361 e. The van der Waals surface area contributed by atoms with Crippen molar-refractivity contribution in [3.63, 3.8) is 0 Å². The van der Waals surface area contributed by atoms with Crippen molar-refractivity contribution in [3.05, 3.63) is 47.8 Å². The maximum absolute atomic E-state index is 6.78. The first-order valence-corrected chi connectivity index (χ1v) is 3.63. The number of para-hydroxylation sites is 1. The molecule has 2 aromatic rings. The fraction of sp³-hybridized carbons (Fsp3) is 0. The van der Waals surface area contributed by atoms with Gasteiger partial charge in [0.25, 0.3) is 5.82 Å². The lowest BCUT2D eigenvalue weighted by Crippen LogP contribution is -1.75. The van der Waals surface area contributed by atoms with Gasteiger partial charge in [0.1, 0.15) is 0 Å². The average molecular weight is 154 g/mol. The van der Waals surface area contributed by atoms with E-state index in [9.17, 15) is 0 Å². The Morgan fingerprint density at radius 2 is 1.92 bits per heavy atom. The summed E-state index contributed by atoms with van der Waals surface area (Å²) in [5.74, 6) is 0.453. The highest BCUT2D eigenvalue weighted by Gasteiger charge is 1.97. The van der Waals surface area contributed by atoms with Crippen LogP contribution in [-0.2, 0) is 0 Å². The second kappa shape index (κ2) is 2.63. The van der Waals surface area contributed by atoms with Crippen molar-refractivity contribution < 1.29 is 0 Å². The lowest BCUT2D eigenvalue weighted by molar-refractivity contribution is 1.44. The molecule has 0 spiro atoms. The fourth-order valence-electron chi connectivity index (χ4n) is 1.12. The number of rotatable bonds is 0. The highest BCUT2D eigenvalue weighted by atomic mass is 14.9. The Morgan fingerprint density at radius 1 is 1.08 bits per heavy atom. The third-order valence-corrected chi connectivity index (χ3v) is 1.70. The van der Waals surface area contributed by atoms with E-state index in [1.54, 1.807) is 6.07 Å². The molecule has 1 heterocycles. The van der Waals surface area contributed by atoms with Gasteiger partial charge in [-0.25, -0.2) is 0 Å². The average Bonchev–Trinajstić information content (AvgIpc) is 2.17. The molecule has 0 fully saturated rings. The molecule has 0 atom stereocenters. The van der Waals surface area contributed by atoms with Crippen LogP contribution >= 0.6 is 0 Å². The molecule has 12 heavy (non-hydrogen) atoms. The van der Waals surface area contributed by atoms with Crippen LogP contribution in [0.1, 0.15) is 0 Å². The van der Waals surface area contributed by atoms with Gasteiger partial charge in [0.2, 0.25) is 0 Å². The predicted octanol–water partition coefficient (Wildman–Crippen LogP) is 2.79. The Bertz CT molecular complexity index is 455. The van der Waals surface area contributed by atoms with E-state index in [-0.39, 0.29) is 0 Å². The summed E-state index contributed by atoms with van der Waals surface area (Å²) in [5, 5.41) is 1.07. The first-order valence-electron chi connectivity index (χ1n) is 3.63.